The molecule has 0 aliphatic heterocycles. The normalized spacial score (nSPS) is 12.8. The van der Waals surface area contributed by atoms with Crippen molar-refractivity contribution in [3.05, 3.63) is 84.4 Å². The van der Waals surface area contributed by atoms with Crippen molar-refractivity contribution < 1.29 is 19.1 Å². The van der Waals surface area contributed by atoms with Gasteiger partial charge in [-0.05, 0) is 51.7 Å². The summed E-state index contributed by atoms with van der Waals surface area (Å²) in [6, 6.07) is 18.4. The van der Waals surface area contributed by atoms with Gasteiger partial charge in [0, 0.05) is 6.54 Å². The molecule has 6 heteroatoms. The van der Waals surface area contributed by atoms with E-state index in [0.29, 0.717) is 6.42 Å². The van der Waals surface area contributed by atoms with Gasteiger partial charge in [-0.1, -0.05) is 66.7 Å². The average molecular weight is 465 g/mol. The van der Waals surface area contributed by atoms with Crippen molar-refractivity contribution in [2.45, 2.75) is 58.6 Å². The molecule has 0 saturated heterocycles. The quantitative estimate of drug-likeness (QED) is 0.375. The third-order valence-corrected chi connectivity index (χ3v) is 5.25. The van der Waals surface area contributed by atoms with Crippen LogP contribution in [0.1, 0.15) is 57.7 Å². The molecule has 2 aromatic rings. The van der Waals surface area contributed by atoms with Crippen molar-refractivity contribution in [2.75, 3.05) is 6.54 Å². The molecule has 2 unspecified atom stereocenters. The number of benzene rings is 2. The highest BCUT2D eigenvalue weighted by Gasteiger charge is 2.31. The van der Waals surface area contributed by atoms with E-state index in [1.165, 1.54) is 4.90 Å². The highest BCUT2D eigenvalue weighted by molar-refractivity contribution is 5.97. The predicted octanol–water partition coefficient (Wildman–Crippen LogP) is 5.45. The zero-order valence-corrected chi connectivity index (χ0v) is 20.6. The Morgan fingerprint density at radius 1 is 1.03 bits per heavy atom. The van der Waals surface area contributed by atoms with Gasteiger partial charge < -0.3 is 10.1 Å². The van der Waals surface area contributed by atoms with Crippen molar-refractivity contribution in [3.8, 4) is 0 Å². The van der Waals surface area contributed by atoms with Gasteiger partial charge >= 0.3 is 12.0 Å². The SMILES string of the molecule is C=CCC(CC(=O)OC(C)(C)C)C(=O)N(CCc1ccccc1)C(=O)NC(C)c1ccccc1. The highest BCUT2D eigenvalue weighted by atomic mass is 16.6. The number of allylic oxidation sites excluding steroid dienone is 1. The summed E-state index contributed by atoms with van der Waals surface area (Å²) in [7, 11) is 0. The van der Waals surface area contributed by atoms with E-state index in [2.05, 4.69) is 11.9 Å². The van der Waals surface area contributed by atoms with Crippen molar-refractivity contribution in [1.82, 2.24) is 10.2 Å². The van der Waals surface area contributed by atoms with E-state index in [0.717, 1.165) is 11.1 Å². The van der Waals surface area contributed by atoms with E-state index in [4.69, 9.17) is 4.74 Å². The van der Waals surface area contributed by atoms with Crippen LogP contribution in [0.15, 0.2) is 73.3 Å². The Bertz CT molecular complexity index is 951. The topological polar surface area (TPSA) is 75.7 Å². The maximum atomic E-state index is 13.5. The molecule has 0 aliphatic carbocycles. The second kappa shape index (κ2) is 12.7. The van der Waals surface area contributed by atoms with E-state index < -0.39 is 29.4 Å². The summed E-state index contributed by atoms with van der Waals surface area (Å²) in [4.78, 5) is 40.5. The van der Waals surface area contributed by atoms with Gasteiger partial charge in [0.25, 0.3) is 0 Å². The van der Waals surface area contributed by atoms with Crippen LogP contribution in [0.2, 0.25) is 0 Å². The van der Waals surface area contributed by atoms with Gasteiger partial charge in [-0.25, -0.2) is 4.79 Å². The molecule has 34 heavy (non-hydrogen) atoms. The molecule has 0 heterocycles. The average Bonchev–Trinajstić information content (AvgIpc) is 2.78. The number of esters is 1. The van der Waals surface area contributed by atoms with E-state index in [1.54, 1.807) is 26.8 Å². The predicted molar refractivity (Wildman–Crippen MR) is 134 cm³/mol. The fraction of sp³-hybridized carbons (Fsp3) is 0.393. The summed E-state index contributed by atoms with van der Waals surface area (Å²) in [6.45, 7) is 11.1. The minimum atomic E-state index is -0.735. The Balaban J connectivity index is 2.22. The first-order valence-electron chi connectivity index (χ1n) is 11.6. The number of imide groups is 1. The lowest BCUT2D eigenvalue weighted by Crippen LogP contribution is -2.48. The molecule has 2 aromatic carbocycles. The molecule has 0 bridgehead atoms. The lowest BCUT2D eigenvalue weighted by Gasteiger charge is -2.28. The molecule has 0 spiro atoms. The first-order chi connectivity index (χ1) is 16.1. The van der Waals surface area contributed by atoms with Gasteiger partial charge in [0.05, 0.1) is 18.4 Å². The van der Waals surface area contributed by atoms with Crippen LogP contribution in [0.4, 0.5) is 4.79 Å². The van der Waals surface area contributed by atoms with Crippen molar-refractivity contribution in [2.24, 2.45) is 5.92 Å². The molecule has 0 radical (unpaired) electrons. The molecule has 1 N–H and O–H groups in total. The maximum Gasteiger partial charge on any atom is 0.324 e. The number of hydrogen-bond donors (Lipinski definition) is 1. The molecule has 2 rings (SSSR count). The Morgan fingerprint density at radius 3 is 2.18 bits per heavy atom. The summed E-state index contributed by atoms with van der Waals surface area (Å²) in [5.41, 5.74) is 1.29. The summed E-state index contributed by atoms with van der Waals surface area (Å²) in [6.07, 6.45) is 2.24. The monoisotopic (exact) mass is 464 g/mol. The van der Waals surface area contributed by atoms with Crippen molar-refractivity contribution in [1.29, 1.82) is 0 Å². The number of urea groups is 1. The van der Waals surface area contributed by atoms with Crippen LogP contribution in [-0.4, -0.2) is 35.0 Å². The third-order valence-electron chi connectivity index (χ3n) is 5.25. The Morgan fingerprint density at radius 2 is 1.62 bits per heavy atom. The molecule has 3 amide bonds. The second-order valence-corrected chi connectivity index (χ2v) is 9.32. The van der Waals surface area contributed by atoms with Gasteiger partial charge in [0.2, 0.25) is 5.91 Å². The van der Waals surface area contributed by atoms with Gasteiger partial charge in [0.15, 0.2) is 0 Å². The number of nitrogens with one attached hydrogen (secondary N) is 1. The number of hydrogen-bond acceptors (Lipinski definition) is 4. The number of nitrogens with zero attached hydrogens (tertiary/aromatic N) is 1. The lowest BCUT2D eigenvalue weighted by molar-refractivity contribution is -0.158. The lowest BCUT2D eigenvalue weighted by atomic mass is 9.99. The Kier molecular flexibility index (Phi) is 10.0. The van der Waals surface area contributed by atoms with Crippen LogP contribution in [0.3, 0.4) is 0 Å². The van der Waals surface area contributed by atoms with Crippen LogP contribution in [-0.2, 0) is 20.7 Å². The van der Waals surface area contributed by atoms with Crippen molar-refractivity contribution >= 4 is 17.9 Å². The molecule has 0 aromatic heterocycles. The molecule has 182 valence electrons. The molecule has 6 nitrogen and oxygen atoms in total. The van der Waals surface area contributed by atoms with Gasteiger partial charge in [-0.2, -0.15) is 0 Å². The van der Waals surface area contributed by atoms with Crippen LogP contribution >= 0.6 is 0 Å². The van der Waals surface area contributed by atoms with Crippen molar-refractivity contribution in [3.63, 3.8) is 0 Å². The zero-order valence-electron chi connectivity index (χ0n) is 20.6. The highest BCUT2D eigenvalue weighted by Crippen LogP contribution is 2.19. The molecule has 2 atom stereocenters. The van der Waals surface area contributed by atoms with Gasteiger partial charge in [-0.3, -0.25) is 14.5 Å². The fourth-order valence-electron chi connectivity index (χ4n) is 3.56. The molecular weight excluding hydrogens is 428 g/mol. The van der Waals surface area contributed by atoms with E-state index in [1.807, 2.05) is 67.6 Å². The minimum Gasteiger partial charge on any atom is -0.460 e. The van der Waals surface area contributed by atoms with Crippen LogP contribution in [0.5, 0.6) is 0 Å². The molecule has 0 saturated carbocycles. The number of carbonyl (C=O) groups is 3. The Labute approximate surface area is 203 Å². The Hall–Kier alpha value is -3.41. The second-order valence-electron chi connectivity index (χ2n) is 9.32. The summed E-state index contributed by atoms with van der Waals surface area (Å²) in [5, 5.41) is 2.93. The van der Waals surface area contributed by atoms with Crippen LogP contribution in [0.25, 0.3) is 0 Å². The first kappa shape index (κ1) is 26.8. The molecular formula is C28H36N2O4. The van der Waals surface area contributed by atoms with Crippen LogP contribution in [0, 0.1) is 5.92 Å². The third kappa shape index (κ3) is 8.85. The summed E-state index contributed by atoms with van der Waals surface area (Å²) in [5.74, 6) is -1.63. The summed E-state index contributed by atoms with van der Waals surface area (Å²) < 4.78 is 5.41. The first-order valence-corrected chi connectivity index (χ1v) is 11.6. The molecule has 0 aliphatic rings. The maximum absolute atomic E-state index is 13.5. The number of carbonyl (C=O) groups excluding carboxylic acids is 3. The smallest absolute Gasteiger partial charge is 0.324 e. The van der Waals surface area contributed by atoms with E-state index in [9.17, 15) is 14.4 Å². The minimum absolute atomic E-state index is 0.120. The number of amides is 3. The fourth-order valence-corrected chi connectivity index (χ4v) is 3.56. The van der Waals surface area contributed by atoms with E-state index >= 15 is 0 Å². The van der Waals surface area contributed by atoms with Gasteiger partial charge in [-0.15, -0.1) is 6.58 Å². The van der Waals surface area contributed by atoms with Gasteiger partial charge in [0.1, 0.15) is 5.60 Å². The van der Waals surface area contributed by atoms with Crippen LogP contribution < -0.4 is 5.32 Å². The largest absolute Gasteiger partial charge is 0.460 e. The molecule has 0 fully saturated rings. The number of rotatable bonds is 10. The standard InChI is InChI=1S/C28H36N2O4/c1-6-13-24(20-25(31)34-28(3,4)5)26(32)30(19-18-22-14-9-7-10-15-22)27(33)29-21(2)23-16-11-8-12-17-23/h6-12,14-17,21,24H,1,13,18-20H2,2-5H3,(H,29,33). The van der Waals surface area contributed by atoms with E-state index in [-0.39, 0.29) is 25.4 Å². The zero-order chi connectivity index (χ0) is 25.1. The summed E-state index contributed by atoms with van der Waals surface area (Å²) >= 11 is 0. The number of ether oxygens (including phenoxy) is 1.